The van der Waals surface area contributed by atoms with Gasteiger partial charge in [0.25, 0.3) is 10.0 Å². The standard InChI is InChI=1S/C16H17N3O5S2/c1-11-10-25-16(21)19(11)8-9-24-14(20)6-7-17-15-12-4-2-3-5-13(12)26(22,23)18-15/h2-5,10H,6-9H2,1H3,(H,17,18). The third-order valence-electron chi connectivity index (χ3n) is 3.80. The quantitative estimate of drug-likeness (QED) is 0.731. The van der Waals surface area contributed by atoms with Gasteiger partial charge in [0.05, 0.1) is 24.4 Å². The summed E-state index contributed by atoms with van der Waals surface area (Å²) in [6, 6.07) is 6.52. The zero-order valence-electron chi connectivity index (χ0n) is 14.0. The fourth-order valence-corrected chi connectivity index (χ4v) is 4.52. The van der Waals surface area contributed by atoms with E-state index in [1.165, 1.54) is 6.07 Å². The number of thiazole rings is 1. The Morgan fingerprint density at radius 3 is 2.85 bits per heavy atom. The first-order valence-electron chi connectivity index (χ1n) is 7.86. The summed E-state index contributed by atoms with van der Waals surface area (Å²) in [5, 5.41) is 1.75. The van der Waals surface area contributed by atoms with E-state index in [4.69, 9.17) is 4.74 Å². The van der Waals surface area contributed by atoms with Gasteiger partial charge in [-0.2, -0.15) is 0 Å². The molecule has 26 heavy (non-hydrogen) atoms. The molecule has 0 spiro atoms. The molecule has 0 unspecified atom stereocenters. The smallest absolute Gasteiger partial charge is 0.307 e. The number of nitrogens with one attached hydrogen (secondary N) is 1. The molecule has 0 radical (unpaired) electrons. The van der Waals surface area contributed by atoms with E-state index in [0.717, 1.165) is 17.0 Å². The van der Waals surface area contributed by atoms with Crippen molar-refractivity contribution in [2.24, 2.45) is 4.99 Å². The summed E-state index contributed by atoms with van der Waals surface area (Å²) in [7, 11) is -3.58. The number of carbonyl (C=O) groups excluding carboxylic acids is 1. The Balaban J connectivity index is 1.51. The Labute approximate surface area is 154 Å². The SMILES string of the molecule is Cc1csc(=O)n1CCOC(=O)CCN=C1NS(=O)(=O)c2ccccc21. The van der Waals surface area contributed by atoms with Crippen LogP contribution in [0.1, 0.15) is 17.7 Å². The van der Waals surface area contributed by atoms with E-state index in [1.807, 2.05) is 6.92 Å². The van der Waals surface area contributed by atoms with Gasteiger partial charge in [-0.25, -0.2) is 8.42 Å². The molecule has 3 rings (SSSR count). The molecule has 1 aliphatic rings. The predicted octanol–water partition coefficient (Wildman–Crippen LogP) is 0.890. The van der Waals surface area contributed by atoms with Gasteiger partial charge < -0.3 is 4.74 Å². The van der Waals surface area contributed by atoms with Crippen LogP contribution in [0.4, 0.5) is 0 Å². The highest BCUT2D eigenvalue weighted by Crippen LogP contribution is 2.22. The van der Waals surface area contributed by atoms with Gasteiger partial charge in [0, 0.05) is 16.6 Å². The highest BCUT2D eigenvalue weighted by atomic mass is 32.2. The van der Waals surface area contributed by atoms with E-state index < -0.39 is 16.0 Å². The summed E-state index contributed by atoms with van der Waals surface area (Å²) >= 11 is 1.11. The van der Waals surface area contributed by atoms with E-state index in [9.17, 15) is 18.0 Å². The Morgan fingerprint density at radius 2 is 2.12 bits per heavy atom. The van der Waals surface area contributed by atoms with Crippen LogP contribution in [0.25, 0.3) is 0 Å². The maximum absolute atomic E-state index is 12.0. The highest BCUT2D eigenvalue weighted by Gasteiger charge is 2.29. The minimum atomic E-state index is -3.58. The van der Waals surface area contributed by atoms with E-state index in [1.54, 1.807) is 28.1 Å². The highest BCUT2D eigenvalue weighted by molar-refractivity contribution is 7.90. The van der Waals surface area contributed by atoms with Gasteiger partial charge in [-0.15, -0.1) is 0 Å². The van der Waals surface area contributed by atoms with Crippen LogP contribution in [0.15, 0.2) is 44.3 Å². The van der Waals surface area contributed by atoms with Crippen molar-refractivity contribution in [3.63, 3.8) is 0 Å². The predicted molar refractivity (Wildman–Crippen MR) is 97.1 cm³/mol. The van der Waals surface area contributed by atoms with Gasteiger partial charge in [0.2, 0.25) is 0 Å². The van der Waals surface area contributed by atoms with Crippen LogP contribution in [0.3, 0.4) is 0 Å². The zero-order valence-corrected chi connectivity index (χ0v) is 15.6. The minimum absolute atomic E-state index is 0.0188. The third kappa shape index (κ3) is 3.86. The average Bonchev–Trinajstić information content (AvgIpc) is 3.06. The van der Waals surface area contributed by atoms with Crippen molar-refractivity contribution in [1.29, 1.82) is 0 Å². The summed E-state index contributed by atoms with van der Waals surface area (Å²) in [5.74, 6) is -0.224. The van der Waals surface area contributed by atoms with Gasteiger partial charge in [-0.3, -0.25) is 23.9 Å². The lowest BCUT2D eigenvalue weighted by atomic mass is 10.2. The molecule has 0 amide bonds. The first kappa shape index (κ1) is 18.3. The minimum Gasteiger partial charge on any atom is -0.464 e. The molecule has 8 nitrogen and oxygen atoms in total. The van der Waals surface area contributed by atoms with E-state index >= 15 is 0 Å². The van der Waals surface area contributed by atoms with Crippen LogP contribution in [0.2, 0.25) is 0 Å². The number of hydrogen-bond donors (Lipinski definition) is 1. The number of esters is 1. The molecule has 0 saturated carbocycles. The number of nitrogens with zero attached hydrogens (tertiary/aromatic N) is 2. The third-order valence-corrected chi connectivity index (χ3v) is 6.08. The van der Waals surface area contributed by atoms with E-state index in [-0.39, 0.29) is 35.2 Å². The van der Waals surface area contributed by atoms with Crippen LogP contribution < -0.4 is 9.60 Å². The van der Waals surface area contributed by atoms with Gasteiger partial charge in [0.15, 0.2) is 0 Å². The molecule has 2 aromatic rings. The van der Waals surface area contributed by atoms with Gasteiger partial charge in [0.1, 0.15) is 12.4 Å². The fourth-order valence-electron chi connectivity index (χ4n) is 2.51. The second-order valence-corrected chi connectivity index (χ2v) is 8.07. The number of hydrogen-bond acceptors (Lipinski definition) is 7. The molecule has 0 aliphatic carbocycles. The van der Waals surface area contributed by atoms with E-state index in [2.05, 4.69) is 9.71 Å². The maximum atomic E-state index is 12.0. The summed E-state index contributed by atoms with van der Waals surface area (Å²) in [5.41, 5.74) is 1.32. The molecule has 2 heterocycles. The fraction of sp³-hybridized carbons (Fsp3) is 0.312. The number of benzene rings is 1. The Kier molecular flexibility index (Phi) is 5.23. The number of aryl methyl sites for hydroxylation is 1. The molecule has 1 N–H and O–H groups in total. The second kappa shape index (κ2) is 7.42. The van der Waals surface area contributed by atoms with E-state index in [0.29, 0.717) is 12.1 Å². The molecule has 0 saturated heterocycles. The zero-order chi connectivity index (χ0) is 18.7. The first-order valence-corrected chi connectivity index (χ1v) is 10.2. The Bertz CT molecular complexity index is 1020. The van der Waals surface area contributed by atoms with Crippen molar-refractivity contribution < 1.29 is 17.9 Å². The largest absolute Gasteiger partial charge is 0.464 e. The van der Waals surface area contributed by atoms with Crippen LogP contribution in [-0.2, 0) is 26.1 Å². The van der Waals surface area contributed by atoms with Crippen molar-refractivity contribution in [2.75, 3.05) is 13.2 Å². The molecule has 1 aromatic heterocycles. The molecule has 10 heteroatoms. The topological polar surface area (TPSA) is 107 Å². The molecular formula is C16H17N3O5S2. The molecule has 1 aromatic carbocycles. The Morgan fingerprint density at radius 1 is 1.35 bits per heavy atom. The number of rotatable bonds is 6. The second-order valence-electron chi connectivity index (χ2n) is 5.60. The number of amidine groups is 1. The first-order chi connectivity index (χ1) is 12.4. The number of carbonyl (C=O) groups is 1. The van der Waals surface area contributed by atoms with Crippen molar-refractivity contribution in [3.8, 4) is 0 Å². The summed E-state index contributed by atoms with van der Waals surface area (Å²) in [4.78, 5) is 27.6. The number of ether oxygens (including phenoxy) is 1. The van der Waals surface area contributed by atoms with Crippen molar-refractivity contribution in [3.05, 3.63) is 50.6 Å². The van der Waals surface area contributed by atoms with Gasteiger partial charge >= 0.3 is 10.8 Å². The molecule has 0 bridgehead atoms. The number of aromatic nitrogens is 1. The summed E-state index contributed by atoms with van der Waals surface area (Å²) in [6.07, 6.45) is 0.0188. The van der Waals surface area contributed by atoms with Crippen molar-refractivity contribution in [2.45, 2.75) is 24.8 Å². The van der Waals surface area contributed by atoms with Gasteiger partial charge in [-0.05, 0) is 19.1 Å². The summed E-state index contributed by atoms with van der Waals surface area (Å²) < 4.78 is 32.9. The molecular weight excluding hydrogens is 378 g/mol. The van der Waals surface area contributed by atoms with Gasteiger partial charge in [-0.1, -0.05) is 23.5 Å². The Hall–Kier alpha value is -2.46. The van der Waals surface area contributed by atoms with Crippen LogP contribution in [0.5, 0.6) is 0 Å². The maximum Gasteiger partial charge on any atom is 0.307 e. The monoisotopic (exact) mass is 395 g/mol. The average molecular weight is 395 g/mol. The molecule has 138 valence electrons. The number of aliphatic imine (C=N–C) groups is 1. The molecule has 0 fully saturated rings. The number of sulfonamides is 1. The number of fused-ring (bicyclic) bond motifs is 1. The lowest BCUT2D eigenvalue weighted by Gasteiger charge is -2.06. The van der Waals surface area contributed by atoms with Crippen LogP contribution in [-0.4, -0.2) is 37.9 Å². The lowest BCUT2D eigenvalue weighted by Crippen LogP contribution is -2.23. The van der Waals surface area contributed by atoms with Crippen molar-refractivity contribution >= 4 is 33.2 Å². The molecule has 1 aliphatic heterocycles. The summed E-state index contributed by atoms with van der Waals surface area (Å²) in [6.45, 7) is 2.32. The van der Waals surface area contributed by atoms with Crippen molar-refractivity contribution in [1.82, 2.24) is 9.29 Å². The normalized spacial score (nSPS) is 16.3. The molecule has 0 atom stereocenters. The lowest BCUT2D eigenvalue weighted by molar-refractivity contribution is -0.143. The van der Waals surface area contributed by atoms with Crippen LogP contribution in [0, 0.1) is 6.92 Å². The van der Waals surface area contributed by atoms with Crippen LogP contribution >= 0.6 is 11.3 Å².